The molecular formula is C14H11ClO4S2. The van der Waals surface area contributed by atoms with E-state index in [1.165, 1.54) is 30.0 Å². The third kappa shape index (κ3) is 4.00. The summed E-state index contributed by atoms with van der Waals surface area (Å²) in [6, 6.07) is 10.9. The van der Waals surface area contributed by atoms with E-state index in [2.05, 4.69) is 0 Å². The zero-order chi connectivity index (χ0) is 15.6. The van der Waals surface area contributed by atoms with Gasteiger partial charge in [-0.05, 0) is 42.5 Å². The quantitative estimate of drug-likeness (QED) is 0.919. The Hall–Kier alpha value is -1.50. The Morgan fingerprint density at radius 3 is 2.29 bits per heavy atom. The Balaban J connectivity index is 2.33. The van der Waals surface area contributed by atoms with Crippen molar-refractivity contribution >= 4 is 39.2 Å². The summed E-state index contributed by atoms with van der Waals surface area (Å²) in [7, 11) is -3.24. The predicted octanol–water partition coefficient (Wildman–Crippen LogP) is 3.59. The Morgan fingerprint density at radius 2 is 1.76 bits per heavy atom. The predicted molar refractivity (Wildman–Crippen MR) is 82.1 cm³/mol. The van der Waals surface area contributed by atoms with E-state index in [4.69, 9.17) is 16.7 Å². The highest BCUT2D eigenvalue weighted by atomic mass is 35.5. The van der Waals surface area contributed by atoms with Crippen molar-refractivity contribution in [1.29, 1.82) is 0 Å². The number of hydrogen-bond donors (Lipinski definition) is 1. The molecule has 21 heavy (non-hydrogen) atoms. The number of carboxylic acids is 1. The summed E-state index contributed by atoms with van der Waals surface area (Å²) in [4.78, 5) is 12.7. The topological polar surface area (TPSA) is 71.4 Å². The maximum absolute atomic E-state index is 11.4. The minimum atomic E-state index is -3.24. The van der Waals surface area contributed by atoms with Gasteiger partial charge in [0.1, 0.15) is 0 Å². The number of carbonyl (C=O) groups is 1. The first-order chi connectivity index (χ1) is 9.77. The highest BCUT2D eigenvalue weighted by Gasteiger charge is 2.13. The molecule has 0 aliphatic rings. The van der Waals surface area contributed by atoms with E-state index in [1.54, 1.807) is 24.3 Å². The lowest BCUT2D eigenvalue weighted by atomic mass is 10.2. The second-order valence-electron chi connectivity index (χ2n) is 4.29. The SMILES string of the molecule is CS(=O)(=O)c1ccc(Sc2ccc(Cl)cc2C(=O)O)cc1. The maximum atomic E-state index is 11.4. The van der Waals surface area contributed by atoms with Crippen LogP contribution in [0.2, 0.25) is 5.02 Å². The molecule has 0 aliphatic carbocycles. The standard InChI is InChI=1S/C14H11ClO4S2/c1-21(18,19)11-5-3-10(4-6-11)20-13-7-2-9(15)8-12(13)14(16)17/h2-8H,1H3,(H,16,17). The van der Waals surface area contributed by atoms with Gasteiger partial charge in [-0.1, -0.05) is 23.4 Å². The van der Waals surface area contributed by atoms with Crippen LogP contribution >= 0.6 is 23.4 Å². The van der Waals surface area contributed by atoms with Crippen LogP contribution in [0.1, 0.15) is 10.4 Å². The van der Waals surface area contributed by atoms with Gasteiger partial charge in [0.05, 0.1) is 10.5 Å². The van der Waals surface area contributed by atoms with Crippen LogP contribution < -0.4 is 0 Å². The molecule has 110 valence electrons. The second-order valence-corrected chi connectivity index (χ2v) is 7.86. The first-order valence-corrected chi connectivity index (χ1v) is 8.87. The fourth-order valence-electron chi connectivity index (χ4n) is 1.64. The highest BCUT2D eigenvalue weighted by molar-refractivity contribution is 7.99. The lowest BCUT2D eigenvalue weighted by Gasteiger charge is -2.07. The zero-order valence-electron chi connectivity index (χ0n) is 10.9. The first kappa shape index (κ1) is 15.9. The lowest BCUT2D eigenvalue weighted by molar-refractivity contribution is 0.0693. The molecule has 0 unspecified atom stereocenters. The van der Waals surface area contributed by atoms with Crippen molar-refractivity contribution in [3.05, 3.63) is 53.1 Å². The van der Waals surface area contributed by atoms with Crippen LogP contribution in [0, 0.1) is 0 Å². The monoisotopic (exact) mass is 342 g/mol. The van der Waals surface area contributed by atoms with Crippen LogP contribution in [0.5, 0.6) is 0 Å². The fraction of sp³-hybridized carbons (Fsp3) is 0.0714. The minimum absolute atomic E-state index is 0.111. The summed E-state index contributed by atoms with van der Waals surface area (Å²) in [6.45, 7) is 0. The number of halogens is 1. The van der Waals surface area contributed by atoms with E-state index in [-0.39, 0.29) is 10.5 Å². The van der Waals surface area contributed by atoms with Crippen molar-refractivity contribution in [2.24, 2.45) is 0 Å². The first-order valence-electron chi connectivity index (χ1n) is 5.78. The highest BCUT2D eigenvalue weighted by Crippen LogP contribution is 2.32. The van der Waals surface area contributed by atoms with E-state index < -0.39 is 15.8 Å². The summed E-state index contributed by atoms with van der Waals surface area (Å²) in [5.41, 5.74) is 0.111. The largest absolute Gasteiger partial charge is 0.478 e. The number of carboxylic acid groups (broad SMARTS) is 1. The van der Waals surface area contributed by atoms with E-state index >= 15 is 0 Å². The van der Waals surface area contributed by atoms with Crippen molar-refractivity contribution in [3.63, 3.8) is 0 Å². The Labute approximate surface area is 131 Å². The zero-order valence-corrected chi connectivity index (χ0v) is 13.3. The third-order valence-electron chi connectivity index (χ3n) is 2.65. The van der Waals surface area contributed by atoms with E-state index in [0.717, 1.165) is 11.2 Å². The van der Waals surface area contributed by atoms with Crippen LogP contribution in [0.3, 0.4) is 0 Å². The van der Waals surface area contributed by atoms with Crippen LogP contribution in [-0.4, -0.2) is 25.7 Å². The van der Waals surface area contributed by atoms with Crippen LogP contribution in [-0.2, 0) is 9.84 Å². The molecule has 0 radical (unpaired) electrons. The Morgan fingerprint density at radius 1 is 1.14 bits per heavy atom. The van der Waals surface area contributed by atoms with Crippen LogP contribution in [0.25, 0.3) is 0 Å². The molecule has 7 heteroatoms. The summed E-state index contributed by atoms with van der Waals surface area (Å²) in [6.07, 6.45) is 1.14. The fourth-order valence-corrected chi connectivity index (χ4v) is 3.36. The number of hydrogen-bond acceptors (Lipinski definition) is 4. The summed E-state index contributed by atoms with van der Waals surface area (Å²) >= 11 is 7.03. The van der Waals surface area contributed by atoms with Gasteiger partial charge in [-0.2, -0.15) is 0 Å². The molecule has 0 heterocycles. The second kappa shape index (κ2) is 6.09. The molecule has 0 atom stereocenters. The third-order valence-corrected chi connectivity index (χ3v) is 5.10. The molecule has 0 aromatic heterocycles. The van der Waals surface area contributed by atoms with Gasteiger partial charge in [-0.3, -0.25) is 0 Å². The van der Waals surface area contributed by atoms with Crippen molar-refractivity contribution < 1.29 is 18.3 Å². The molecular weight excluding hydrogens is 332 g/mol. The number of sulfone groups is 1. The lowest BCUT2D eigenvalue weighted by Crippen LogP contribution is -1.99. The molecule has 4 nitrogen and oxygen atoms in total. The van der Waals surface area contributed by atoms with Gasteiger partial charge in [0, 0.05) is 21.1 Å². The molecule has 0 spiro atoms. The number of rotatable bonds is 4. The maximum Gasteiger partial charge on any atom is 0.336 e. The summed E-state index contributed by atoms with van der Waals surface area (Å²) < 4.78 is 22.8. The molecule has 0 aliphatic heterocycles. The van der Waals surface area contributed by atoms with Gasteiger partial charge in [-0.15, -0.1) is 0 Å². The van der Waals surface area contributed by atoms with Crippen molar-refractivity contribution in [1.82, 2.24) is 0 Å². The minimum Gasteiger partial charge on any atom is -0.478 e. The normalized spacial score (nSPS) is 11.3. The van der Waals surface area contributed by atoms with Gasteiger partial charge < -0.3 is 5.11 Å². The Kier molecular flexibility index (Phi) is 4.61. The molecule has 0 amide bonds. The van der Waals surface area contributed by atoms with Crippen LogP contribution in [0.15, 0.2) is 57.2 Å². The molecule has 1 N–H and O–H groups in total. The van der Waals surface area contributed by atoms with Gasteiger partial charge in [0.15, 0.2) is 9.84 Å². The van der Waals surface area contributed by atoms with Gasteiger partial charge in [-0.25, -0.2) is 13.2 Å². The van der Waals surface area contributed by atoms with Crippen LogP contribution in [0.4, 0.5) is 0 Å². The average molecular weight is 343 g/mol. The number of benzene rings is 2. The molecule has 0 bridgehead atoms. The van der Waals surface area contributed by atoms with Crippen molar-refractivity contribution in [3.8, 4) is 0 Å². The molecule has 0 saturated carbocycles. The van der Waals surface area contributed by atoms with Gasteiger partial charge in [0.2, 0.25) is 0 Å². The Bertz CT molecular complexity index is 783. The molecule has 2 rings (SSSR count). The van der Waals surface area contributed by atoms with Crippen molar-refractivity contribution in [2.45, 2.75) is 14.7 Å². The smallest absolute Gasteiger partial charge is 0.336 e. The van der Waals surface area contributed by atoms with Gasteiger partial charge in [0.25, 0.3) is 0 Å². The molecule has 2 aromatic rings. The summed E-state index contributed by atoms with van der Waals surface area (Å²) in [5.74, 6) is -1.06. The molecule has 2 aromatic carbocycles. The van der Waals surface area contributed by atoms with Gasteiger partial charge >= 0.3 is 5.97 Å². The molecule has 0 fully saturated rings. The average Bonchev–Trinajstić information content (AvgIpc) is 2.40. The molecule has 0 saturated heterocycles. The van der Waals surface area contributed by atoms with E-state index in [0.29, 0.717) is 9.92 Å². The van der Waals surface area contributed by atoms with Crippen molar-refractivity contribution in [2.75, 3.05) is 6.26 Å². The summed E-state index contributed by atoms with van der Waals surface area (Å²) in [5, 5.41) is 9.52. The number of aromatic carboxylic acids is 1. The van der Waals surface area contributed by atoms with E-state index in [1.807, 2.05) is 0 Å². The van der Waals surface area contributed by atoms with E-state index in [9.17, 15) is 13.2 Å².